The van der Waals surface area contributed by atoms with Crippen LogP contribution in [0.3, 0.4) is 0 Å². The number of nitrogens with one attached hydrogen (secondary N) is 2. The topological polar surface area (TPSA) is 96.9 Å². The van der Waals surface area contributed by atoms with Crippen molar-refractivity contribution < 1.29 is 32.3 Å². The summed E-state index contributed by atoms with van der Waals surface area (Å²) in [5.74, 6) is -2.94. The van der Waals surface area contributed by atoms with Crippen LogP contribution in [0.2, 0.25) is 5.02 Å². The number of hydrogen-bond donors (Lipinski definition) is 2. The van der Waals surface area contributed by atoms with Gasteiger partial charge in [0.1, 0.15) is 0 Å². The van der Waals surface area contributed by atoms with Crippen molar-refractivity contribution in [2.24, 2.45) is 5.10 Å². The zero-order valence-corrected chi connectivity index (χ0v) is 15.5. The second-order valence-corrected chi connectivity index (χ2v) is 5.87. The smallest absolute Gasteiger partial charge is 0.417 e. The molecule has 2 aromatic rings. The van der Waals surface area contributed by atoms with Gasteiger partial charge < -0.3 is 10.1 Å². The number of benzene rings is 2. The van der Waals surface area contributed by atoms with Crippen molar-refractivity contribution in [1.29, 1.82) is 0 Å². The lowest BCUT2D eigenvalue weighted by Gasteiger charge is -2.11. The van der Waals surface area contributed by atoms with Crippen LogP contribution in [-0.4, -0.2) is 31.1 Å². The molecule has 152 valence electrons. The van der Waals surface area contributed by atoms with E-state index in [1.807, 2.05) is 10.7 Å². The first-order valence-corrected chi connectivity index (χ1v) is 8.19. The van der Waals surface area contributed by atoms with Gasteiger partial charge >= 0.3 is 24.0 Å². The normalized spacial score (nSPS) is 11.2. The first-order chi connectivity index (χ1) is 13.6. The number of methoxy groups -OCH3 is 1. The molecule has 0 aliphatic rings. The van der Waals surface area contributed by atoms with Gasteiger partial charge in [-0.3, -0.25) is 9.59 Å². The second kappa shape index (κ2) is 9.20. The van der Waals surface area contributed by atoms with Gasteiger partial charge in [-0.15, -0.1) is 0 Å². The van der Waals surface area contributed by atoms with E-state index in [-0.39, 0.29) is 5.69 Å². The molecule has 0 aliphatic carbocycles. The third kappa shape index (κ3) is 6.04. The van der Waals surface area contributed by atoms with Gasteiger partial charge in [0.05, 0.1) is 29.5 Å². The number of amides is 2. The molecule has 7 nitrogen and oxygen atoms in total. The van der Waals surface area contributed by atoms with Crippen LogP contribution >= 0.6 is 11.6 Å². The first kappa shape index (κ1) is 21.9. The molecule has 0 radical (unpaired) electrons. The lowest BCUT2D eigenvalue weighted by atomic mass is 10.1. The number of carbonyl (C=O) groups is 3. The summed E-state index contributed by atoms with van der Waals surface area (Å²) < 4.78 is 43.0. The number of rotatable bonds is 4. The molecule has 2 aromatic carbocycles. The van der Waals surface area contributed by atoms with Crippen LogP contribution < -0.4 is 10.7 Å². The van der Waals surface area contributed by atoms with Crippen LogP contribution in [0, 0.1) is 0 Å². The molecular weight excluding hydrogens is 415 g/mol. The molecule has 0 heterocycles. The summed E-state index contributed by atoms with van der Waals surface area (Å²) in [4.78, 5) is 34.8. The largest absolute Gasteiger partial charge is 0.465 e. The third-order valence-corrected chi connectivity index (χ3v) is 3.78. The van der Waals surface area contributed by atoms with Crippen LogP contribution in [0.4, 0.5) is 18.9 Å². The van der Waals surface area contributed by atoms with Crippen molar-refractivity contribution >= 4 is 41.3 Å². The van der Waals surface area contributed by atoms with E-state index in [9.17, 15) is 27.6 Å². The number of hydrogen-bond acceptors (Lipinski definition) is 5. The maximum Gasteiger partial charge on any atom is 0.417 e. The van der Waals surface area contributed by atoms with Crippen molar-refractivity contribution in [3.63, 3.8) is 0 Å². The van der Waals surface area contributed by atoms with Gasteiger partial charge in [0.15, 0.2) is 0 Å². The lowest BCUT2D eigenvalue weighted by molar-refractivity contribution is -0.137. The first-order valence-electron chi connectivity index (χ1n) is 7.81. The number of ether oxygens (including phenoxy) is 1. The van der Waals surface area contributed by atoms with Gasteiger partial charge in [-0.2, -0.15) is 18.3 Å². The number of carbonyl (C=O) groups excluding carboxylic acids is 3. The van der Waals surface area contributed by atoms with Crippen LogP contribution in [0.25, 0.3) is 0 Å². The Morgan fingerprint density at radius 2 is 1.72 bits per heavy atom. The fourth-order valence-corrected chi connectivity index (χ4v) is 2.27. The Labute approximate surface area is 167 Å². The fraction of sp³-hybridized carbons (Fsp3) is 0.111. The van der Waals surface area contributed by atoms with Crippen LogP contribution in [-0.2, 0) is 20.5 Å². The molecule has 0 spiro atoms. The predicted octanol–water partition coefficient (Wildman–Crippen LogP) is 3.23. The molecule has 11 heteroatoms. The Balaban J connectivity index is 1.97. The van der Waals surface area contributed by atoms with E-state index >= 15 is 0 Å². The average Bonchev–Trinajstić information content (AvgIpc) is 2.68. The van der Waals surface area contributed by atoms with Crippen LogP contribution in [0.15, 0.2) is 47.6 Å². The summed E-state index contributed by atoms with van der Waals surface area (Å²) in [6.45, 7) is 0. The van der Waals surface area contributed by atoms with Crippen molar-refractivity contribution in [3.05, 3.63) is 64.2 Å². The molecule has 0 atom stereocenters. The van der Waals surface area contributed by atoms with Crippen molar-refractivity contribution in [2.75, 3.05) is 12.4 Å². The van der Waals surface area contributed by atoms with Gasteiger partial charge in [0.2, 0.25) is 0 Å². The summed E-state index contributed by atoms with van der Waals surface area (Å²) in [6, 6.07) is 8.67. The van der Waals surface area contributed by atoms with E-state index in [0.29, 0.717) is 17.2 Å². The highest BCUT2D eigenvalue weighted by Crippen LogP contribution is 2.36. The summed E-state index contributed by atoms with van der Waals surface area (Å²) in [5.41, 5.74) is 1.35. The Hall–Kier alpha value is -3.40. The summed E-state index contributed by atoms with van der Waals surface area (Å²) >= 11 is 5.49. The van der Waals surface area contributed by atoms with Gasteiger partial charge in [0.25, 0.3) is 0 Å². The number of alkyl halides is 3. The SMILES string of the molecule is COC(=O)c1ccc(/C=N\NC(=O)C(=O)Nc2ccc(Cl)c(C(F)(F)F)c2)cc1. The monoisotopic (exact) mass is 427 g/mol. The average molecular weight is 428 g/mol. The molecule has 29 heavy (non-hydrogen) atoms. The highest BCUT2D eigenvalue weighted by molar-refractivity contribution is 6.39. The number of nitrogens with zero attached hydrogens (tertiary/aromatic N) is 1. The minimum absolute atomic E-state index is 0.260. The zero-order valence-electron chi connectivity index (χ0n) is 14.7. The molecule has 2 N–H and O–H groups in total. The van der Waals surface area contributed by atoms with E-state index in [4.69, 9.17) is 11.6 Å². The van der Waals surface area contributed by atoms with Crippen molar-refractivity contribution in [1.82, 2.24) is 5.43 Å². The van der Waals surface area contributed by atoms with E-state index in [1.54, 1.807) is 0 Å². The van der Waals surface area contributed by atoms with E-state index < -0.39 is 34.5 Å². The minimum Gasteiger partial charge on any atom is -0.465 e. The van der Waals surface area contributed by atoms with Crippen LogP contribution in [0.1, 0.15) is 21.5 Å². The van der Waals surface area contributed by atoms with E-state index in [2.05, 4.69) is 9.84 Å². The van der Waals surface area contributed by atoms with Crippen molar-refractivity contribution in [3.8, 4) is 0 Å². The van der Waals surface area contributed by atoms with Gasteiger partial charge in [-0.25, -0.2) is 10.2 Å². The Morgan fingerprint density at radius 1 is 1.07 bits per heavy atom. The fourth-order valence-electron chi connectivity index (χ4n) is 2.05. The second-order valence-electron chi connectivity index (χ2n) is 5.46. The highest BCUT2D eigenvalue weighted by atomic mass is 35.5. The molecule has 2 rings (SSSR count). The standard InChI is InChI=1S/C18H13ClF3N3O4/c1-29-17(28)11-4-2-10(3-5-11)9-23-25-16(27)15(26)24-12-6-7-14(19)13(8-12)18(20,21)22/h2-9H,1H3,(H,24,26)(H,25,27)/b23-9-. The molecule has 0 saturated carbocycles. The minimum atomic E-state index is -4.71. The van der Waals surface area contributed by atoms with Gasteiger partial charge in [-0.1, -0.05) is 23.7 Å². The maximum absolute atomic E-state index is 12.8. The van der Waals surface area contributed by atoms with Gasteiger partial charge in [-0.05, 0) is 35.9 Å². The van der Waals surface area contributed by atoms with E-state index in [0.717, 1.165) is 12.1 Å². The predicted molar refractivity (Wildman–Crippen MR) is 98.6 cm³/mol. The van der Waals surface area contributed by atoms with Gasteiger partial charge in [0, 0.05) is 5.69 Å². The molecule has 0 saturated heterocycles. The number of esters is 1. The quantitative estimate of drug-likeness (QED) is 0.339. The van der Waals surface area contributed by atoms with Crippen LogP contribution in [0.5, 0.6) is 0 Å². The molecule has 0 aromatic heterocycles. The summed E-state index contributed by atoms with van der Waals surface area (Å²) in [5, 5.41) is 5.05. The molecule has 0 aliphatic heterocycles. The Bertz CT molecular complexity index is 960. The Morgan fingerprint density at radius 3 is 2.31 bits per heavy atom. The Kier molecular flexibility index (Phi) is 6.94. The summed E-state index contributed by atoms with van der Waals surface area (Å²) in [7, 11) is 1.24. The molecule has 2 amide bonds. The highest BCUT2D eigenvalue weighted by Gasteiger charge is 2.33. The number of hydrazone groups is 1. The molecule has 0 fully saturated rings. The molecule has 0 unspecified atom stereocenters. The number of anilines is 1. The maximum atomic E-state index is 12.8. The molecular formula is C18H13ClF3N3O4. The van der Waals surface area contributed by atoms with E-state index in [1.165, 1.54) is 37.6 Å². The lowest BCUT2D eigenvalue weighted by Crippen LogP contribution is -2.32. The zero-order chi connectivity index (χ0) is 21.6. The van der Waals surface area contributed by atoms with Crippen molar-refractivity contribution in [2.45, 2.75) is 6.18 Å². The third-order valence-electron chi connectivity index (χ3n) is 3.45. The molecule has 0 bridgehead atoms. The number of halogens is 4. The summed E-state index contributed by atoms with van der Waals surface area (Å²) in [6.07, 6.45) is -3.51.